The van der Waals surface area contributed by atoms with E-state index in [1.165, 1.54) is 6.92 Å². The summed E-state index contributed by atoms with van der Waals surface area (Å²) in [6.07, 6.45) is 0. The monoisotopic (exact) mass is 398 g/mol. The quantitative estimate of drug-likeness (QED) is 0.614. The second kappa shape index (κ2) is 10.5. The maximum atomic E-state index is 12.2. The molecule has 0 atom stereocenters. The molecule has 3 aromatic carbocycles. The van der Waals surface area contributed by atoms with Crippen LogP contribution in [0, 0.1) is 11.8 Å². The van der Waals surface area contributed by atoms with Crippen LogP contribution in [0.25, 0.3) is 11.1 Å². The first-order chi connectivity index (χ1) is 14.6. The third kappa shape index (κ3) is 6.25. The maximum absolute atomic E-state index is 12.2. The third-order valence-corrected chi connectivity index (χ3v) is 4.18. The fourth-order valence-electron chi connectivity index (χ4n) is 2.77. The van der Waals surface area contributed by atoms with Gasteiger partial charge in [-0.1, -0.05) is 60.4 Å². The molecule has 2 amide bonds. The fraction of sp³-hybridized carbons (Fsp3) is 0.120. The van der Waals surface area contributed by atoms with E-state index >= 15 is 0 Å². The lowest BCUT2D eigenvalue weighted by molar-refractivity contribution is -0.114. The molecule has 0 radical (unpaired) electrons. The Morgan fingerprint density at radius 1 is 0.867 bits per heavy atom. The van der Waals surface area contributed by atoms with Gasteiger partial charge in [0.2, 0.25) is 5.91 Å². The molecule has 3 rings (SSSR count). The topological polar surface area (TPSA) is 67.4 Å². The highest BCUT2D eigenvalue weighted by molar-refractivity contribution is 5.94. The van der Waals surface area contributed by atoms with Crippen molar-refractivity contribution in [3.63, 3.8) is 0 Å². The Kier molecular flexibility index (Phi) is 7.23. The number of hydrogen-bond acceptors (Lipinski definition) is 3. The Labute approximate surface area is 176 Å². The molecular formula is C25H22N2O3. The minimum Gasteiger partial charge on any atom is -0.481 e. The lowest BCUT2D eigenvalue weighted by Gasteiger charge is -2.06. The van der Waals surface area contributed by atoms with Crippen LogP contribution in [0.2, 0.25) is 0 Å². The number of anilines is 1. The molecule has 0 fully saturated rings. The Balaban J connectivity index is 1.44. The van der Waals surface area contributed by atoms with Gasteiger partial charge in [-0.2, -0.15) is 0 Å². The molecule has 0 spiro atoms. The zero-order chi connectivity index (χ0) is 21.2. The lowest BCUT2D eigenvalue weighted by Crippen LogP contribution is -2.23. The standard InChI is InChI=1S/C25H22N2O3/c1-19(28)27-23-10-7-11-24(18-23)30-17-6-5-16-26-25(29)22-14-12-21(13-15-22)20-8-3-2-4-9-20/h2-4,7-15,18H,16-17H2,1H3,(H,26,29)(H,27,28). The molecule has 2 N–H and O–H groups in total. The first kappa shape index (κ1) is 20.7. The van der Waals surface area contributed by atoms with E-state index < -0.39 is 0 Å². The predicted octanol–water partition coefficient (Wildman–Crippen LogP) is 4.12. The van der Waals surface area contributed by atoms with Crippen LogP contribution < -0.4 is 15.4 Å². The summed E-state index contributed by atoms with van der Waals surface area (Å²) >= 11 is 0. The van der Waals surface area contributed by atoms with Crippen molar-refractivity contribution in [3.05, 3.63) is 84.4 Å². The Hall–Kier alpha value is -4.04. The smallest absolute Gasteiger partial charge is 0.252 e. The summed E-state index contributed by atoms with van der Waals surface area (Å²) in [6.45, 7) is 1.87. The van der Waals surface area contributed by atoms with Crippen LogP contribution in [-0.4, -0.2) is 25.0 Å². The van der Waals surface area contributed by atoms with Gasteiger partial charge < -0.3 is 15.4 Å². The molecule has 0 saturated carbocycles. The van der Waals surface area contributed by atoms with Gasteiger partial charge in [-0.25, -0.2) is 0 Å². The molecule has 0 heterocycles. The van der Waals surface area contributed by atoms with Crippen LogP contribution >= 0.6 is 0 Å². The van der Waals surface area contributed by atoms with E-state index in [4.69, 9.17) is 4.74 Å². The summed E-state index contributed by atoms with van der Waals surface area (Å²) in [5.41, 5.74) is 3.42. The molecular weight excluding hydrogens is 376 g/mol. The van der Waals surface area contributed by atoms with Gasteiger partial charge in [-0.15, -0.1) is 0 Å². The Morgan fingerprint density at radius 2 is 1.60 bits per heavy atom. The van der Waals surface area contributed by atoms with Crippen LogP contribution in [0.5, 0.6) is 5.75 Å². The van der Waals surface area contributed by atoms with Crippen molar-refractivity contribution in [2.75, 3.05) is 18.5 Å². The average Bonchev–Trinajstić information content (AvgIpc) is 2.76. The molecule has 150 valence electrons. The van der Waals surface area contributed by atoms with Gasteiger partial charge in [0.1, 0.15) is 12.4 Å². The normalized spacial score (nSPS) is 9.77. The minimum atomic E-state index is -0.173. The Bertz CT molecular complexity index is 1060. The van der Waals surface area contributed by atoms with E-state index in [-0.39, 0.29) is 25.0 Å². The number of amides is 2. The summed E-state index contributed by atoms with van der Waals surface area (Å²) in [4.78, 5) is 23.3. The van der Waals surface area contributed by atoms with Crippen molar-refractivity contribution in [3.8, 4) is 28.7 Å². The molecule has 0 unspecified atom stereocenters. The van der Waals surface area contributed by atoms with Crippen molar-refractivity contribution < 1.29 is 14.3 Å². The SMILES string of the molecule is CC(=O)Nc1cccc(OCC#CCNC(=O)c2ccc(-c3ccccc3)cc2)c1. The van der Waals surface area contributed by atoms with Crippen molar-refractivity contribution >= 4 is 17.5 Å². The second-order valence-electron chi connectivity index (χ2n) is 6.48. The summed E-state index contributed by atoms with van der Waals surface area (Å²) in [6, 6.07) is 24.5. The van der Waals surface area contributed by atoms with Crippen LogP contribution in [-0.2, 0) is 4.79 Å². The molecule has 0 aromatic heterocycles. The van der Waals surface area contributed by atoms with E-state index in [9.17, 15) is 9.59 Å². The number of rotatable bonds is 6. The van der Waals surface area contributed by atoms with Crippen molar-refractivity contribution in [1.82, 2.24) is 5.32 Å². The fourth-order valence-corrected chi connectivity index (χ4v) is 2.77. The Morgan fingerprint density at radius 3 is 2.33 bits per heavy atom. The number of carbonyl (C=O) groups is 2. The van der Waals surface area contributed by atoms with Gasteiger partial charge in [0.05, 0.1) is 6.54 Å². The highest BCUT2D eigenvalue weighted by Crippen LogP contribution is 2.19. The first-order valence-corrected chi connectivity index (χ1v) is 9.52. The van der Waals surface area contributed by atoms with Gasteiger partial charge in [-0.05, 0) is 35.4 Å². The highest BCUT2D eigenvalue weighted by Gasteiger charge is 2.04. The van der Waals surface area contributed by atoms with E-state index in [0.29, 0.717) is 17.0 Å². The number of nitrogens with one attached hydrogen (secondary N) is 2. The zero-order valence-electron chi connectivity index (χ0n) is 16.6. The molecule has 3 aromatic rings. The summed E-state index contributed by atoms with van der Waals surface area (Å²) in [5.74, 6) is 6.02. The van der Waals surface area contributed by atoms with E-state index in [1.54, 1.807) is 36.4 Å². The van der Waals surface area contributed by atoms with Gasteiger partial charge in [0.25, 0.3) is 5.91 Å². The lowest BCUT2D eigenvalue weighted by atomic mass is 10.0. The van der Waals surface area contributed by atoms with Crippen molar-refractivity contribution in [2.45, 2.75) is 6.92 Å². The van der Waals surface area contributed by atoms with Crippen molar-refractivity contribution in [1.29, 1.82) is 0 Å². The molecule has 0 aliphatic carbocycles. The van der Waals surface area contributed by atoms with E-state index in [1.807, 2.05) is 42.5 Å². The molecule has 0 saturated heterocycles. The van der Waals surface area contributed by atoms with Crippen molar-refractivity contribution in [2.24, 2.45) is 0 Å². The van der Waals surface area contributed by atoms with E-state index in [0.717, 1.165) is 11.1 Å². The summed E-state index contributed by atoms with van der Waals surface area (Å²) < 4.78 is 5.54. The minimum absolute atomic E-state index is 0.141. The van der Waals surface area contributed by atoms with Crippen LogP contribution in [0.15, 0.2) is 78.9 Å². The van der Waals surface area contributed by atoms with Gasteiger partial charge >= 0.3 is 0 Å². The largest absolute Gasteiger partial charge is 0.481 e. The summed E-state index contributed by atoms with van der Waals surface area (Å²) in [7, 11) is 0. The van der Waals surface area contributed by atoms with Gasteiger partial charge in [-0.3, -0.25) is 9.59 Å². The third-order valence-electron chi connectivity index (χ3n) is 4.18. The predicted molar refractivity (Wildman–Crippen MR) is 118 cm³/mol. The van der Waals surface area contributed by atoms with Crippen LogP contribution in [0.3, 0.4) is 0 Å². The van der Waals surface area contributed by atoms with Crippen LogP contribution in [0.1, 0.15) is 17.3 Å². The number of carbonyl (C=O) groups excluding carboxylic acids is 2. The zero-order valence-corrected chi connectivity index (χ0v) is 16.6. The summed E-state index contributed by atoms with van der Waals surface area (Å²) in [5, 5.41) is 5.47. The number of hydrogen-bond donors (Lipinski definition) is 2. The maximum Gasteiger partial charge on any atom is 0.252 e. The molecule has 0 aliphatic heterocycles. The van der Waals surface area contributed by atoms with E-state index in [2.05, 4.69) is 22.5 Å². The second-order valence-corrected chi connectivity index (χ2v) is 6.48. The number of ether oxygens (including phenoxy) is 1. The average molecular weight is 398 g/mol. The van der Waals surface area contributed by atoms with Gasteiger partial charge in [0, 0.05) is 24.2 Å². The molecule has 0 aliphatic rings. The number of benzene rings is 3. The highest BCUT2D eigenvalue weighted by atomic mass is 16.5. The molecule has 0 bridgehead atoms. The first-order valence-electron chi connectivity index (χ1n) is 9.52. The van der Waals surface area contributed by atoms with Crippen LogP contribution in [0.4, 0.5) is 5.69 Å². The van der Waals surface area contributed by atoms with Gasteiger partial charge in [0.15, 0.2) is 0 Å². The molecule has 5 nitrogen and oxygen atoms in total. The molecule has 30 heavy (non-hydrogen) atoms. The molecule has 5 heteroatoms.